The van der Waals surface area contributed by atoms with Crippen molar-refractivity contribution in [3.05, 3.63) is 0 Å². The minimum atomic E-state index is -0.0157. The van der Waals surface area contributed by atoms with Crippen molar-refractivity contribution in [2.45, 2.75) is 57.0 Å². The Labute approximate surface area is 130 Å². The van der Waals surface area contributed by atoms with Crippen molar-refractivity contribution < 1.29 is 5.11 Å². The van der Waals surface area contributed by atoms with Gasteiger partial charge in [-0.2, -0.15) is 0 Å². The molecule has 0 radical (unpaired) electrons. The minimum absolute atomic E-state index is 0.0157. The van der Waals surface area contributed by atoms with Crippen LogP contribution in [-0.2, 0) is 0 Å². The second-order valence-corrected chi connectivity index (χ2v) is 7.46. The Morgan fingerprint density at radius 2 is 1.95 bits per heavy atom. The summed E-state index contributed by atoms with van der Waals surface area (Å²) >= 11 is 0. The molecule has 4 heteroatoms. The number of rotatable bonds is 6. The molecule has 2 atom stereocenters. The average Bonchev–Trinajstić information content (AvgIpc) is 2.48. The van der Waals surface area contributed by atoms with Crippen molar-refractivity contribution in [1.82, 2.24) is 15.1 Å². The van der Waals surface area contributed by atoms with E-state index in [2.05, 4.69) is 36.1 Å². The third kappa shape index (κ3) is 4.65. The molecule has 2 aliphatic rings. The van der Waals surface area contributed by atoms with Crippen LogP contribution in [0.5, 0.6) is 0 Å². The molecule has 1 saturated heterocycles. The molecule has 124 valence electrons. The number of nitrogens with one attached hydrogen (secondary N) is 1. The topological polar surface area (TPSA) is 38.7 Å². The molecule has 1 heterocycles. The summed E-state index contributed by atoms with van der Waals surface area (Å²) in [5.74, 6) is 0.871. The van der Waals surface area contributed by atoms with E-state index in [1.807, 2.05) is 0 Å². The van der Waals surface area contributed by atoms with Gasteiger partial charge in [0.05, 0.1) is 6.61 Å². The van der Waals surface area contributed by atoms with Crippen molar-refractivity contribution >= 4 is 0 Å². The third-order valence-corrected chi connectivity index (χ3v) is 5.46. The lowest BCUT2D eigenvalue weighted by Gasteiger charge is -2.46. The van der Waals surface area contributed by atoms with Crippen molar-refractivity contribution in [3.8, 4) is 0 Å². The number of nitrogens with zero attached hydrogens (tertiary/aromatic N) is 2. The van der Waals surface area contributed by atoms with Crippen LogP contribution in [0.2, 0.25) is 0 Å². The SMILES string of the molecule is CCNC1(CO)CCCC(N2CCC(CN(C)C)CC2)C1. The number of aliphatic hydroxyl groups excluding tert-OH is 1. The van der Waals surface area contributed by atoms with Gasteiger partial charge < -0.3 is 20.2 Å². The van der Waals surface area contributed by atoms with E-state index >= 15 is 0 Å². The zero-order valence-corrected chi connectivity index (χ0v) is 14.3. The summed E-state index contributed by atoms with van der Waals surface area (Å²) in [5, 5.41) is 13.4. The second kappa shape index (κ2) is 7.91. The van der Waals surface area contributed by atoms with Crippen LogP contribution in [0.4, 0.5) is 0 Å². The van der Waals surface area contributed by atoms with Crippen LogP contribution in [0.25, 0.3) is 0 Å². The van der Waals surface area contributed by atoms with Gasteiger partial charge in [-0.15, -0.1) is 0 Å². The van der Waals surface area contributed by atoms with E-state index in [1.54, 1.807) is 0 Å². The molecule has 21 heavy (non-hydrogen) atoms. The fraction of sp³-hybridized carbons (Fsp3) is 1.00. The van der Waals surface area contributed by atoms with Gasteiger partial charge in [-0.1, -0.05) is 6.92 Å². The van der Waals surface area contributed by atoms with Gasteiger partial charge in [0.25, 0.3) is 0 Å². The fourth-order valence-electron chi connectivity index (χ4n) is 4.40. The maximum Gasteiger partial charge on any atom is 0.0613 e. The first kappa shape index (κ1) is 17.2. The summed E-state index contributed by atoms with van der Waals surface area (Å²) in [7, 11) is 4.36. The molecular weight excluding hydrogens is 262 g/mol. The zero-order valence-electron chi connectivity index (χ0n) is 14.3. The summed E-state index contributed by atoms with van der Waals surface area (Å²) in [5.41, 5.74) is -0.0157. The normalized spacial score (nSPS) is 32.7. The van der Waals surface area contributed by atoms with E-state index in [9.17, 15) is 5.11 Å². The second-order valence-electron chi connectivity index (χ2n) is 7.46. The first-order valence-electron chi connectivity index (χ1n) is 8.83. The lowest BCUT2D eigenvalue weighted by atomic mass is 9.78. The van der Waals surface area contributed by atoms with Crippen LogP contribution in [0, 0.1) is 5.92 Å². The molecular formula is C17H35N3O. The Bertz CT molecular complexity index is 298. The molecule has 0 spiro atoms. The van der Waals surface area contributed by atoms with E-state index in [0.29, 0.717) is 6.04 Å². The van der Waals surface area contributed by atoms with Gasteiger partial charge in [0.15, 0.2) is 0 Å². The Balaban J connectivity index is 1.85. The van der Waals surface area contributed by atoms with Crippen LogP contribution >= 0.6 is 0 Å². The Morgan fingerprint density at radius 3 is 2.52 bits per heavy atom. The molecule has 2 fully saturated rings. The molecule has 1 aliphatic heterocycles. The van der Waals surface area contributed by atoms with E-state index in [1.165, 1.54) is 45.3 Å². The summed E-state index contributed by atoms with van der Waals surface area (Å²) in [6, 6.07) is 0.672. The van der Waals surface area contributed by atoms with Gasteiger partial charge in [0.2, 0.25) is 0 Å². The highest BCUT2D eigenvalue weighted by molar-refractivity contribution is 4.97. The van der Waals surface area contributed by atoms with Crippen LogP contribution in [0.3, 0.4) is 0 Å². The van der Waals surface area contributed by atoms with Crippen LogP contribution in [-0.4, -0.2) is 73.4 Å². The highest BCUT2D eigenvalue weighted by Crippen LogP contribution is 2.33. The van der Waals surface area contributed by atoms with Crippen molar-refractivity contribution in [1.29, 1.82) is 0 Å². The first-order valence-corrected chi connectivity index (χ1v) is 8.83. The lowest BCUT2D eigenvalue weighted by Crippen LogP contribution is -2.56. The Hall–Kier alpha value is -0.160. The van der Waals surface area contributed by atoms with Gasteiger partial charge in [-0.3, -0.25) is 0 Å². The first-order chi connectivity index (χ1) is 10.1. The molecule has 2 rings (SSSR count). The standard InChI is InChI=1S/C17H35N3O/c1-4-18-17(14-21)9-5-6-16(12-17)20-10-7-15(8-11-20)13-19(2)3/h15-16,18,21H,4-14H2,1-3H3. The quantitative estimate of drug-likeness (QED) is 0.780. The largest absolute Gasteiger partial charge is 0.394 e. The molecule has 0 aromatic heterocycles. The number of hydrogen-bond donors (Lipinski definition) is 2. The predicted molar refractivity (Wildman–Crippen MR) is 88.6 cm³/mol. The molecule has 0 aromatic rings. The monoisotopic (exact) mass is 297 g/mol. The number of likely N-dealkylation sites (N-methyl/N-ethyl adjacent to an activating group) is 1. The molecule has 4 nitrogen and oxygen atoms in total. The van der Waals surface area contributed by atoms with Gasteiger partial charge in [-0.05, 0) is 78.2 Å². The Kier molecular flexibility index (Phi) is 6.48. The average molecular weight is 297 g/mol. The molecule has 1 aliphatic carbocycles. The predicted octanol–water partition coefficient (Wildman–Crippen LogP) is 1.54. The number of aliphatic hydroxyl groups is 1. The molecule has 0 aromatic carbocycles. The van der Waals surface area contributed by atoms with Crippen LogP contribution < -0.4 is 5.32 Å². The number of likely N-dealkylation sites (tertiary alicyclic amines) is 1. The van der Waals surface area contributed by atoms with Crippen molar-refractivity contribution in [2.24, 2.45) is 5.92 Å². The van der Waals surface area contributed by atoms with Crippen LogP contribution in [0.15, 0.2) is 0 Å². The number of piperidine rings is 1. The van der Waals surface area contributed by atoms with Crippen molar-refractivity contribution in [2.75, 3.05) is 46.9 Å². The summed E-state index contributed by atoms with van der Waals surface area (Å²) < 4.78 is 0. The minimum Gasteiger partial charge on any atom is -0.394 e. The maximum atomic E-state index is 9.84. The molecule has 2 unspecified atom stereocenters. The molecule has 0 amide bonds. The van der Waals surface area contributed by atoms with Gasteiger partial charge in [0, 0.05) is 18.1 Å². The lowest BCUT2D eigenvalue weighted by molar-refractivity contribution is 0.0409. The molecule has 1 saturated carbocycles. The summed E-state index contributed by atoms with van der Waals surface area (Å²) in [6.45, 7) is 7.12. The maximum absolute atomic E-state index is 9.84. The van der Waals surface area contributed by atoms with E-state index in [0.717, 1.165) is 25.3 Å². The van der Waals surface area contributed by atoms with Crippen molar-refractivity contribution in [3.63, 3.8) is 0 Å². The zero-order chi connectivity index (χ0) is 15.3. The number of hydrogen-bond acceptors (Lipinski definition) is 4. The van der Waals surface area contributed by atoms with Crippen LogP contribution in [0.1, 0.15) is 45.4 Å². The highest BCUT2D eigenvalue weighted by Gasteiger charge is 2.38. The smallest absolute Gasteiger partial charge is 0.0613 e. The molecule has 2 N–H and O–H groups in total. The van der Waals surface area contributed by atoms with Gasteiger partial charge >= 0.3 is 0 Å². The summed E-state index contributed by atoms with van der Waals surface area (Å²) in [6.07, 6.45) is 7.48. The molecule has 0 bridgehead atoms. The Morgan fingerprint density at radius 1 is 1.24 bits per heavy atom. The highest BCUT2D eigenvalue weighted by atomic mass is 16.3. The van der Waals surface area contributed by atoms with Gasteiger partial charge in [0.1, 0.15) is 0 Å². The fourth-order valence-corrected chi connectivity index (χ4v) is 4.40. The van der Waals surface area contributed by atoms with E-state index < -0.39 is 0 Å². The van der Waals surface area contributed by atoms with Gasteiger partial charge in [-0.25, -0.2) is 0 Å². The van der Waals surface area contributed by atoms with E-state index in [4.69, 9.17) is 0 Å². The summed E-state index contributed by atoms with van der Waals surface area (Å²) in [4.78, 5) is 5.02. The van der Waals surface area contributed by atoms with E-state index in [-0.39, 0.29) is 12.1 Å². The third-order valence-electron chi connectivity index (χ3n) is 5.46.